The third-order valence-electron chi connectivity index (χ3n) is 6.99. The van der Waals surface area contributed by atoms with E-state index in [0.29, 0.717) is 11.4 Å². The van der Waals surface area contributed by atoms with E-state index in [4.69, 9.17) is 21.6 Å². The molecule has 0 saturated heterocycles. The molecule has 0 spiro atoms. The fourth-order valence-corrected chi connectivity index (χ4v) is 5.42. The van der Waals surface area contributed by atoms with Gasteiger partial charge in [0.15, 0.2) is 5.82 Å². The molecule has 2 heterocycles. The van der Waals surface area contributed by atoms with Crippen LogP contribution in [0, 0.1) is 6.92 Å². The molecule has 0 aliphatic carbocycles. The fourth-order valence-electron chi connectivity index (χ4n) is 4.63. The third-order valence-corrected chi connectivity index (χ3v) is 8.99. The molecule has 208 valence electrons. The normalized spacial score (nSPS) is 13.4. The van der Waals surface area contributed by atoms with Crippen LogP contribution in [0.25, 0.3) is 22.5 Å². The molecule has 1 amide bonds. The van der Waals surface area contributed by atoms with Gasteiger partial charge in [-0.05, 0) is 58.6 Å². The van der Waals surface area contributed by atoms with Crippen molar-refractivity contribution in [1.29, 1.82) is 0 Å². The Morgan fingerprint density at radius 1 is 0.949 bits per heavy atom. The van der Waals surface area contributed by atoms with Crippen LogP contribution in [0.1, 0.15) is 63.6 Å². The number of hydrogen-bond donors (Lipinski definition) is 1. The molecule has 1 aromatic heterocycles. The van der Waals surface area contributed by atoms with Gasteiger partial charge in [-0.1, -0.05) is 66.4 Å². The number of benzene rings is 2. The minimum Gasteiger partial charge on any atom is -0.355 e. The van der Waals surface area contributed by atoms with E-state index in [0.717, 1.165) is 79.2 Å². The number of anilines is 1. The lowest BCUT2D eigenvalue weighted by Crippen LogP contribution is -2.35. The number of amides is 1. The average molecular weight is 569 g/mol. The van der Waals surface area contributed by atoms with Gasteiger partial charge in [-0.2, -0.15) is 0 Å². The van der Waals surface area contributed by atoms with Gasteiger partial charge < -0.3 is 4.90 Å². The van der Waals surface area contributed by atoms with Gasteiger partial charge in [-0.15, -0.1) is 0 Å². The number of fused-ring (bicyclic) bond motifs is 1. The molecule has 1 aliphatic rings. The molecule has 39 heavy (non-hydrogen) atoms. The Labute approximate surface area is 237 Å². The van der Waals surface area contributed by atoms with Gasteiger partial charge in [0.2, 0.25) is 15.9 Å². The zero-order valence-corrected chi connectivity index (χ0v) is 24.5. The number of hydrogen-bond acceptors (Lipinski definition) is 6. The van der Waals surface area contributed by atoms with E-state index in [9.17, 15) is 13.2 Å². The molecular formula is C30H37ClN4O3S. The van der Waals surface area contributed by atoms with Gasteiger partial charge >= 0.3 is 0 Å². The first-order valence-corrected chi connectivity index (χ1v) is 15.6. The summed E-state index contributed by atoms with van der Waals surface area (Å²) in [6.07, 6.45) is 5.58. The summed E-state index contributed by atoms with van der Waals surface area (Å²) in [6.45, 7) is 6.98. The fraction of sp³-hybridized carbons (Fsp3) is 0.433. The summed E-state index contributed by atoms with van der Waals surface area (Å²) >= 11 is 6.17. The third kappa shape index (κ3) is 7.57. The van der Waals surface area contributed by atoms with Gasteiger partial charge in [0, 0.05) is 35.7 Å². The average Bonchev–Trinajstić information content (AvgIpc) is 2.90. The van der Waals surface area contributed by atoms with Crippen LogP contribution in [0.4, 0.5) is 5.82 Å². The Morgan fingerprint density at radius 3 is 2.23 bits per heavy atom. The summed E-state index contributed by atoms with van der Waals surface area (Å²) in [5.74, 6) is 0.517. The van der Waals surface area contributed by atoms with Crippen LogP contribution >= 0.6 is 11.6 Å². The second-order valence-corrected chi connectivity index (χ2v) is 13.1. The first-order chi connectivity index (χ1) is 18.6. The van der Waals surface area contributed by atoms with E-state index >= 15 is 0 Å². The molecule has 2 aromatic carbocycles. The van der Waals surface area contributed by atoms with Gasteiger partial charge in [-0.25, -0.2) is 18.4 Å². The minimum atomic E-state index is -3.56. The van der Waals surface area contributed by atoms with Gasteiger partial charge in [0.1, 0.15) is 0 Å². The molecule has 0 atom stereocenters. The van der Waals surface area contributed by atoms with Crippen molar-refractivity contribution in [2.45, 2.75) is 71.0 Å². The molecule has 0 radical (unpaired) electrons. The zero-order chi connectivity index (χ0) is 28.0. The summed E-state index contributed by atoms with van der Waals surface area (Å²) in [7, 11) is -3.56. The van der Waals surface area contributed by atoms with Crippen molar-refractivity contribution in [3.8, 4) is 22.5 Å². The summed E-state index contributed by atoms with van der Waals surface area (Å²) in [5, 5.41) is 0.0624. The lowest BCUT2D eigenvalue weighted by Gasteiger charge is -2.30. The maximum Gasteiger partial charge on any atom is 0.237 e. The molecule has 0 unspecified atom stereocenters. The molecule has 7 nitrogen and oxygen atoms in total. The Kier molecular flexibility index (Phi) is 9.62. The second kappa shape index (κ2) is 12.9. The van der Waals surface area contributed by atoms with E-state index in [1.807, 2.05) is 24.3 Å². The van der Waals surface area contributed by atoms with Crippen molar-refractivity contribution in [2.75, 3.05) is 18.0 Å². The zero-order valence-electron chi connectivity index (χ0n) is 22.9. The SMILES string of the molecule is Cc1ccc(-c2nc3c(nc2-c2ccc(Cl)cc2)N(CCCCCCC(=O)NS(=O)(=O)C(C)C)CCC3)cc1. The highest BCUT2D eigenvalue weighted by atomic mass is 35.5. The van der Waals surface area contributed by atoms with Crippen molar-refractivity contribution >= 4 is 33.3 Å². The molecule has 0 saturated carbocycles. The predicted molar refractivity (Wildman–Crippen MR) is 158 cm³/mol. The highest BCUT2D eigenvalue weighted by Crippen LogP contribution is 2.35. The molecule has 1 aliphatic heterocycles. The van der Waals surface area contributed by atoms with Crippen LogP contribution in [-0.4, -0.2) is 42.6 Å². The van der Waals surface area contributed by atoms with Crippen molar-refractivity contribution in [3.63, 3.8) is 0 Å². The molecule has 4 rings (SSSR count). The van der Waals surface area contributed by atoms with Gasteiger partial charge in [-0.3, -0.25) is 9.52 Å². The van der Waals surface area contributed by atoms with Crippen molar-refractivity contribution < 1.29 is 13.2 Å². The lowest BCUT2D eigenvalue weighted by molar-refractivity contribution is -0.119. The number of aryl methyl sites for hydroxylation is 2. The minimum absolute atomic E-state index is 0.218. The quantitative estimate of drug-likeness (QED) is 0.272. The molecule has 1 N–H and O–H groups in total. The summed E-state index contributed by atoms with van der Waals surface area (Å²) in [6, 6.07) is 16.1. The largest absolute Gasteiger partial charge is 0.355 e. The number of sulfonamides is 1. The van der Waals surface area contributed by atoms with Crippen molar-refractivity contribution in [2.24, 2.45) is 0 Å². The van der Waals surface area contributed by atoms with E-state index in [1.54, 1.807) is 13.8 Å². The van der Waals surface area contributed by atoms with Crippen LogP contribution in [-0.2, 0) is 21.2 Å². The molecule has 0 fully saturated rings. The van der Waals surface area contributed by atoms with E-state index < -0.39 is 21.2 Å². The molecule has 0 bridgehead atoms. The smallest absolute Gasteiger partial charge is 0.237 e. The number of aromatic nitrogens is 2. The number of nitrogens with one attached hydrogen (secondary N) is 1. The maximum absolute atomic E-state index is 12.0. The van der Waals surface area contributed by atoms with Gasteiger partial charge in [0.25, 0.3) is 0 Å². The van der Waals surface area contributed by atoms with E-state index in [-0.39, 0.29) is 6.42 Å². The number of carbonyl (C=O) groups is 1. The lowest BCUT2D eigenvalue weighted by atomic mass is 10.0. The number of rotatable bonds is 11. The Morgan fingerprint density at radius 2 is 1.56 bits per heavy atom. The summed E-state index contributed by atoms with van der Waals surface area (Å²) in [4.78, 5) is 24.6. The molecule has 9 heteroatoms. The van der Waals surface area contributed by atoms with E-state index in [2.05, 4.69) is 40.8 Å². The van der Waals surface area contributed by atoms with E-state index in [1.165, 1.54) is 5.56 Å². The van der Waals surface area contributed by atoms with Gasteiger partial charge in [0.05, 0.1) is 22.3 Å². The first-order valence-electron chi connectivity index (χ1n) is 13.7. The van der Waals surface area contributed by atoms with Crippen LogP contribution in [0.15, 0.2) is 48.5 Å². The number of halogens is 1. The Bertz CT molecular complexity index is 1390. The van der Waals surface area contributed by atoms with Crippen LogP contribution < -0.4 is 9.62 Å². The molecule has 3 aromatic rings. The summed E-state index contributed by atoms with van der Waals surface area (Å²) < 4.78 is 25.8. The first kappa shape index (κ1) is 29.0. The highest BCUT2D eigenvalue weighted by molar-refractivity contribution is 7.90. The maximum atomic E-state index is 12.0. The Balaban J connectivity index is 1.43. The van der Waals surface area contributed by atoms with Crippen LogP contribution in [0.3, 0.4) is 0 Å². The number of carbonyl (C=O) groups excluding carboxylic acids is 1. The molecular weight excluding hydrogens is 532 g/mol. The summed E-state index contributed by atoms with van der Waals surface area (Å²) in [5.41, 5.74) is 5.98. The van der Waals surface area contributed by atoms with Crippen molar-refractivity contribution in [1.82, 2.24) is 14.7 Å². The Hall–Kier alpha value is -2.97. The monoisotopic (exact) mass is 568 g/mol. The predicted octanol–water partition coefficient (Wildman–Crippen LogP) is 6.33. The van der Waals surface area contributed by atoms with Crippen molar-refractivity contribution in [3.05, 3.63) is 64.8 Å². The second-order valence-electron chi connectivity index (χ2n) is 10.4. The number of unbranched alkanes of at least 4 members (excludes halogenated alkanes) is 3. The topological polar surface area (TPSA) is 92.3 Å². The highest BCUT2D eigenvalue weighted by Gasteiger charge is 2.24. The standard InChI is InChI=1S/C30H37ClN4O3S/c1-21(2)39(37,38)34-27(36)10-6-4-5-7-19-35-20-8-9-26-30(35)33-29(24-15-17-25(31)18-16-24)28(32-26)23-13-11-22(3)12-14-23/h11-18,21H,4-10,19-20H2,1-3H3,(H,34,36). The van der Waals surface area contributed by atoms with Crippen LogP contribution in [0.2, 0.25) is 5.02 Å². The van der Waals surface area contributed by atoms with Crippen LogP contribution in [0.5, 0.6) is 0 Å². The number of nitrogens with zero attached hydrogens (tertiary/aromatic N) is 3.